The van der Waals surface area contributed by atoms with E-state index in [9.17, 15) is 4.79 Å². The Morgan fingerprint density at radius 1 is 1.15 bits per heavy atom. The summed E-state index contributed by atoms with van der Waals surface area (Å²) in [5.41, 5.74) is 0.116. The molecule has 0 atom stereocenters. The minimum absolute atomic E-state index is 0. The van der Waals surface area contributed by atoms with Gasteiger partial charge in [-0.05, 0) is 59.5 Å². The summed E-state index contributed by atoms with van der Waals surface area (Å²) in [6.45, 7) is 11.6. The van der Waals surface area contributed by atoms with Gasteiger partial charge in [-0.3, -0.25) is 9.89 Å². The second-order valence-electron chi connectivity index (χ2n) is 7.89. The van der Waals surface area contributed by atoms with Gasteiger partial charge in [-0.25, -0.2) is 4.79 Å². The Hall–Kier alpha value is -0.770. The monoisotopic (exact) mass is 495 g/mol. The van der Waals surface area contributed by atoms with Crippen molar-refractivity contribution in [2.75, 3.05) is 46.4 Å². The molecule has 2 aliphatic rings. The van der Waals surface area contributed by atoms with Gasteiger partial charge >= 0.3 is 6.09 Å². The van der Waals surface area contributed by atoms with Gasteiger partial charge in [0.05, 0.1) is 6.61 Å². The fourth-order valence-electron chi connectivity index (χ4n) is 3.72. The van der Waals surface area contributed by atoms with Crippen LogP contribution in [0.3, 0.4) is 0 Å². The van der Waals surface area contributed by atoms with Crippen LogP contribution in [0.5, 0.6) is 0 Å². The number of nitrogens with zero attached hydrogens (tertiary/aromatic N) is 3. The molecule has 0 bridgehead atoms. The third-order valence-corrected chi connectivity index (χ3v) is 5.49. The summed E-state index contributed by atoms with van der Waals surface area (Å²) in [6.07, 6.45) is 5.58. The first-order valence-corrected chi connectivity index (χ1v) is 10.1. The number of piperidine rings is 2. The third-order valence-electron chi connectivity index (χ3n) is 5.49. The highest BCUT2D eigenvalue weighted by molar-refractivity contribution is 14.0. The van der Waals surface area contributed by atoms with Gasteiger partial charge in [0.25, 0.3) is 0 Å². The van der Waals surface area contributed by atoms with Crippen LogP contribution in [0.15, 0.2) is 4.99 Å². The van der Waals surface area contributed by atoms with Gasteiger partial charge in [-0.2, -0.15) is 0 Å². The van der Waals surface area contributed by atoms with Crippen LogP contribution >= 0.6 is 24.0 Å². The third kappa shape index (κ3) is 7.63. The number of ether oxygens (including phenoxy) is 1. The lowest BCUT2D eigenvalue weighted by atomic mass is 9.98. The lowest BCUT2D eigenvalue weighted by Gasteiger charge is -2.41. The molecule has 2 rings (SSSR count). The zero-order valence-corrected chi connectivity index (χ0v) is 19.8. The molecule has 0 spiro atoms. The van der Waals surface area contributed by atoms with Crippen LogP contribution in [-0.2, 0) is 4.74 Å². The van der Waals surface area contributed by atoms with E-state index in [4.69, 9.17) is 4.74 Å². The van der Waals surface area contributed by atoms with E-state index < -0.39 is 0 Å². The van der Waals surface area contributed by atoms with Gasteiger partial charge in [0, 0.05) is 38.3 Å². The molecule has 0 radical (unpaired) electrons. The molecule has 0 aromatic carbocycles. The summed E-state index contributed by atoms with van der Waals surface area (Å²) in [4.78, 5) is 20.5. The number of guanidine groups is 1. The fourth-order valence-corrected chi connectivity index (χ4v) is 3.72. The maximum absolute atomic E-state index is 11.8. The number of hydrogen-bond acceptors (Lipinski definition) is 4. The molecule has 0 aliphatic carbocycles. The number of amides is 1. The molecule has 2 aliphatic heterocycles. The highest BCUT2D eigenvalue weighted by Crippen LogP contribution is 2.19. The number of rotatable bonds is 5. The van der Waals surface area contributed by atoms with Crippen molar-refractivity contribution < 1.29 is 9.53 Å². The SMILES string of the molecule is CCOC(=O)N1CCC(NC(=NC)NCC(C)(C)N2CCCCC2)CC1.I. The standard InChI is InChI=1S/C19H37N5O2.HI/c1-5-26-18(25)23-13-9-16(10-14-23)22-17(20-4)21-15-19(2,3)24-11-7-6-8-12-24;/h16H,5-15H2,1-4H3,(H2,20,21,22);1H. The molecule has 0 unspecified atom stereocenters. The molecule has 2 N–H and O–H groups in total. The number of carbonyl (C=O) groups is 1. The molecule has 27 heavy (non-hydrogen) atoms. The van der Waals surface area contributed by atoms with Crippen LogP contribution < -0.4 is 10.6 Å². The first-order valence-electron chi connectivity index (χ1n) is 10.1. The van der Waals surface area contributed by atoms with E-state index >= 15 is 0 Å². The highest BCUT2D eigenvalue weighted by atomic mass is 127. The summed E-state index contributed by atoms with van der Waals surface area (Å²) >= 11 is 0. The topological polar surface area (TPSA) is 69.2 Å². The Kier molecular flexibility index (Phi) is 10.7. The second-order valence-corrected chi connectivity index (χ2v) is 7.89. The lowest BCUT2D eigenvalue weighted by Crippen LogP contribution is -2.56. The molecular weight excluding hydrogens is 457 g/mol. The largest absolute Gasteiger partial charge is 0.450 e. The number of carbonyl (C=O) groups excluding carboxylic acids is 1. The number of aliphatic imine (C=N–C) groups is 1. The van der Waals surface area contributed by atoms with E-state index in [0.717, 1.165) is 38.4 Å². The summed E-state index contributed by atoms with van der Waals surface area (Å²) in [5.74, 6) is 0.852. The van der Waals surface area contributed by atoms with Crippen molar-refractivity contribution in [3.05, 3.63) is 0 Å². The van der Waals surface area contributed by atoms with Crippen molar-refractivity contribution in [1.82, 2.24) is 20.4 Å². The van der Waals surface area contributed by atoms with E-state index in [1.165, 1.54) is 32.4 Å². The molecule has 8 heteroatoms. The first-order chi connectivity index (χ1) is 12.5. The average molecular weight is 495 g/mol. The van der Waals surface area contributed by atoms with Crippen LogP contribution in [0.4, 0.5) is 4.79 Å². The predicted octanol–water partition coefficient (Wildman–Crippen LogP) is 2.65. The predicted molar refractivity (Wildman–Crippen MR) is 121 cm³/mol. The fraction of sp³-hybridized carbons (Fsp3) is 0.895. The van der Waals surface area contributed by atoms with Gasteiger partial charge in [-0.15, -0.1) is 24.0 Å². The van der Waals surface area contributed by atoms with E-state index in [1.54, 1.807) is 4.90 Å². The van der Waals surface area contributed by atoms with Crippen LogP contribution in [0.2, 0.25) is 0 Å². The summed E-state index contributed by atoms with van der Waals surface area (Å²) in [6, 6.07) is 0.338. The van der Waals surface area contributed by atoms with E-state index in [0.29, 0.717) is 12.6 Å². The van der Waals surface area contributed by atoms with Gasteiger partial charge in [0.1, 0.15) is 0 Å². The molecule has 7 nitrogen and oxygen atoms in total. The maximum Gasteiger partial charge on any atom is 0.409 e. The van der Waals surface area contributed by atoms with Crippen LogP contribution in [0, 0.1) is 0 Å². The number of likely N-dealkylation sites (tertiary alicyclic amines) is 2. The van der Waals surface area contributed by atoms with E-state index in [2.05, 4.69) is 34.4 Å². The van der Waals surface area contributed by atoms with Gasteiger partial charge in [0.15, 0.2) is 5.96 Å². The Morgan fingerprint density at radius 2 is 1.78 bits per heavy atom. The molecule has 158 valence electrons. The minimum Gasteiger partial charge on any atom is -0.450 e. The Labute approximate surface area is 181 Å². The molecule has 2 heterocycles. The summed E-state index contributed by atoms with van der Waals surface area (Å²) in [7, 11) is 1.82. The normalized spacial score (nSPS) is 20.0. The molecule has 0 aromatic rings. The zero-order valence-electron chi connectivity index (χ0n) is 17.4. The van der Waals surface area contributed by atoms with Crippen molar-refractivity contribution in [2.24, 2.45) is 4.99 Å². The molecule has 2 saturated heterocycles. The van der Waals surface area contributed by atoms with Crippen molar-refractivity contribution >= 4 is 36.0 Å². The number of nitrogens with one attached hydrogen (secondary N) is 2. The zero-order chi connectivity index (χ0) is 19.0. The van der Waals surface area contributed by atoms with E-state index in [1.807, 2.05) is 14.0 Å². The quantitative estimate of drug-likeness (QED) is 0.349. The van der Waals surface area contributed by atoms with Crippen molar-refractivity contribution in [1.29, 1.82) is 0 Å². The second kappa shape index (κ2) is 11.9. The van der Waals surface area contributed by atoms with E-state index in [-0.39, 0.29) is 35.6 Å². The first kappa shape index (κ1) is 24.3. The van der Waals surface area contributed by atoms with Crippen molar-refractivity contribution in [2.45, 2.75) is 64.5 Å². The summed E-state index contributed by atoms with van der Waals surface area (Å²) in [5, 5.41) is 7.01. The molecule has 0 aromatic heterocycles. The van der Waals surface area contributed by atoms with Gasteiger partial charge in [-0.1, -0.05) is 6.42 Å². The molecule has 1 amide bonds. The van der Waals surface area contributed by atoms with Gasteiger partial charge < -0.3 is 20.3 Å². The van der Waals surface area contributed by atoms with Crippen molar-refractivity contribution in [3.8, 4) is 0 Å². The van der Waals surface area contributed by atoms with Crippen LogP contribution in [0.25, 0.3) is 0 Å². The number of halogens is 1. The average Bonchev–Trinajstić information content (AvgIpc) is 2.66. The van der Waals surface area contributed by atoms with Crippen LogP contribution in [-0.4, -0.2) is 79.8 Å². The van der Waals surface area contributed by atoms with Crippen LogP contribution in [0.1, 0.15) is 52.9 Å². The Morgan fingerprint density at radius 3 is 2.33 bits per heavy atom. The Balaban J connectivity index is 0.00000364. The van der Waals surface area contributed by atoms with Crippen molar-refractivity contribution in [3.63, 3.8) is 0 Å². The molecule has 2 fully saturated rings. The summed E-state index contributed by atoms with van der Waals surface area (Å²) < 4.78 is 5.08. The lowest BCUT2D eigenvalue weighted by molar-refractivity contribution is 0.0951. The molecular formula is C19H38IN5O2. The number of hydrogen-bond donors (Lipinski definition) is 2. The highest BCUT2D eigenvalue weighted by Gasteiger charge is 2.29. The smallest absolute Gasteiger partial charge is 0.409 e. The minimum atomic E-state index is -0.197. The maximum atomic E-state index is 11.8. The molecule has 0 saturated carbocycles. The van der Waals surface area contributed by atoms with Gasteiger partial charge in [0.2, 0.25) is 0 Å². The Bertz CT molecular complexity index is 473.